The van der Waals surface area contributed by atoms with Crippen LogP contribution in [0.2, 0.25) is 5.28 Å². The van der Waals surface area contributed by atoms with E-state index in [1.807, 2.05) is 4.57 Å². The van der Waals surface area contributed by atoms with Crippen LogP contribution >= 0.6 is 11.6 Å². The van der Waals surface area contributed by atoms with Crippen molar-refractivity contribution < 1.29 is 10.2 Å². The molecule has 0 saturated heterocycles. The second-order valence-electron chi connectivity index (χ2n) is 8.92. The summed E-state index contributed by atoms with van der Waals surface area (Å²) in [4.78, 5) is 13.3. The Kier molecular flexibility index (Phi) is 3.53. The molecule has 0 bridgehead atoms. The first-order valence-electron chi connectivity index (χ1n) is 10.1. The molecule has 144 valence electrons. The Bertz CT molecular complexity index is 884. The van der Waals surface area contributed by atoms with Crippen LogP contribution in [-0.4, -0.2) is 48.5 Å². The second kappa shape index (κ2) is 5.78. The van der Waals surface area contributed by atoms with Gasteiger partial charge in [0.05, 0.1) is 18.5 Å². The minimum atomic E-state index is -0.787. The number of hydrogen-bond acceptors (Lipinski definition) is 6. The van der Waals surface area contributed by atoms with Gasteiger partial charge in [0.25, 0.3) is 0 Å². The summed E-state index contributed by atoms with van der Waals surface area (Å²) in [5.74, 6) is 3.58. The Labute approximate surface area is 162 Å². The number of fused-ring (bicyclic) bond motifs is 2. The van der Waals surface area contributed by atoms with Crippen molar-refractivity contribution in [2.24, 2.45) is 29.6 Å². The molecule has 27 heavy (non-hydrogen) atoms. The van der Waals surface area contributed by atoms with Crippen molar-refractivity contribution in [2.45, 2.75) is 50.4 Å². The maximum Gasteiger partial charge on any atom is 0.226 e. The van der Waals surface area contributed by atoms with E-state index in [0.29, 0.717) is 17.0 Å². The topological polar surface area (TPSA) is 96.1 Å². The van der Waals surface area contributed by atoms with E-state index in [0.717, 1.165) is 30.7 Å². The molecule has 4 aliphatic rings. The van der Waals surface area contributed by atoms with Gasteiger partial charge in [-0.25, -0.2) is 4.98 Å². The molecule has 2 aromatic heterocycles. The average molecular weight is 390 g/mol. The predicted octanol–water partition coefficient (Wildman–Crippen LogP) is 2.24. The minimum absolute atomic E-state index is 0.182. The number of nitrogens with one attached hydrogen (secondary N) is 1. The third-order valence-corrected chi connectivity index (χ3v) is 7.31. The van der Waals surface area contributed by atoms with Gasteiger partial charge in [-0.05, 0) is 73.3 Å². The highest BCUT2D eigenvalue weighted by Crippen LogP contribution is 2.58. The van der Waals surface area contributed by atoms with Gasteiger partial charge in [0.1, 0.15) is 6.10 Å². The number of hydrogen-bond donors (Lipinski definition) is 3. The van der Waals surface area contributed by atoms with Crippen molar-refractivity contribution in [3.63, 3.8) is 0 Å². The first-order chi connectivity index (χ1) is 13.1. The number of rotatable bonds is 6. The smallest absolute Gasteiger partial charge is 0.226 e. The number of anilines is 1. The lowest BCUT2D eigenvalue weighted by atomic mass is 9.98. The van der Waals surface area contributed by atoms with Crippen LogP contribution in [0, 0.1) is 29.6 Å². The molecule has 6 rings (SSSR count). The summed E-state index contributed by atoms with van der Waals surface area (Å²) in [5, 5.41) is 24.3. The molecule has 4 aliphatic carbocycles. The highest BCUT2D eigenvalue weighted by Gasteiger charge is 2.60. The van der Waals surface area contributed by atoms with Gasteiger partial charge in [-0.2, -0.15) is 9.97 Å². The number of aromatic nitrogens is 4. The Morgan fingerprint density at radius 1 is 1.11 bits per heavy atom. The molecule has 0 spiro atoms. The molecular formula is C19H24ClN5O2. The van der Waals surface area contributed by atoms with Gasteiger partial charge in [-0.15, -0.1) is 0 Å². The van der Waals surface area contributed by atoms with E-state index in [2.05, 4.69) is 20.3 Å². The Morgan fingerprint density at radius 2 is 1.85 bits per heavy atom. The summed E-state index contributed by atoms with van der Waals surface area (Å²) in [7, 11) is 0. The molecular weight excluding hydrogens is 366 g/mol. The molecule has 0 aromatic carbocycles. The zero-order valence-corrected chi connectivity index (χ0v) is 15.8. The van der Waals surface area contributed by atoms with Crippen molar-refractivity contribution in [2.75, 3.05) is 11.9 Å². The van der Waals surface area contributed by atoms with E-state index in [1.54, 1.807) is 6.33 Å². The summed E-state index contributed by atoms with van der Waals surface area (Å²) in [6, 6.07) is -0.195. The third-order valence-electron chi connectivity index (χ3n) is 7.14. The van der Waals surface area contributed by atoms with Crippen molar-refractivity contribution >= 4 is 28.6 Å². The molecule has 8 heteroatoms. The van der Waals surface area contributed by atoms with E-state index in [1.165, 1.54) is 25.7 Å². The quantitative estimate of drug-likeness (QED) is 0.656. The van der Waals surface area contributed by atoms with Crippen LogP contribution < -0.4 is 5.32 Å². The van der Waals surface area contributed by atoms with Crippen LogP contribution in [0.4, 0.5) is 5.82 Å². The van der Waals surface area contributed by atoms with Crippen LogP contribution in [0.3, 0.4) is 0 Å². The highest BCUT2D eigenvalue weighted by molar-refractivity contribution is 6.28. The second-order valence-corrected chi connectivity index (χ2v) is 9.26. The van der Waals surface area contributed by atoms with Gasteiger partial charge in [-0.3, -0.25) is 0 Å². The molecule has 0 aliphatic heterocycles. The SMILES string of the molecule is O[C@@H]1[C@H](O)[C@@H]2C[C@@H]2[C@H]1n1cnc2c(NCC(C3CC3)C3CC3)nc(Cl)nc21. The number of imidazole rings is 1. The maximum atomic E-state index is 10.4. The number of nitrogens with zero attached hydrogens (tertiary/aromatic N) is 4. The van der Waals surface area contributed by atoms with Crippen LogP contribution in [0.5, 0.6) is 0 Å². The zero-order chi connectivity index (χ0) is 18.3. The first-order valence-corrected chi connectivity index (χ1v) is 10.5. The summed E-state index contributed by atoms with van der Waals surface area (Å²) >= 11 is 6.22. The first kappa shape index (κ1) is 16.5. The largest absolute Gasteiger partial charge is 0.390 e. The normalized spacial score (nSPS) is 35.0. The Hall–Kier alpha value is -1.44. The van der Waals surface area contributed by atoms with E-state index >= 15 is 0 Å². The lowest BCUT2D eigenvalue weighted by Gasteiger charge is -2.22. The number of halogens is 1. The van der Waals surface area contributed by atoms with E-state index in [-0.39, 0.29) is 23.2 Å². The molecule has 7 nitrogen and oxygen atoms in total. The molecule has 0 unspecified atom stereocenters. The van der Waals surface area contributed by atoms with Gasteiger partial charge < -0.3 is 20.1 Å². The van der Waals surface area contributed by atoms with Gasteiger partial charge in [0, 0.05) is 6.54 Å². The molecule has 0 radical (unpaired) electrons. The average Bonchev–Trinajstić information content (AvgIpc) is 3.50. The van der Waals surface area contributed by atoms with Gasteiger partial charge >= 0.3 is 0 Å². The van der Waals surface area contributed by atoms with E-state index in [9.17, 15) is 10.2 Å². The van der Waals surface area contributed by atoms with Crippen LogP contribution in [0.1, 0.15) is 38.1 Å². The molecule has 5 atom stereocenters. The number of aliphatic hydroxyl groups is 2. The van der Waals surface area contributed by atoms with Crippen molar-refractivity contribution in [3.8, 4) is 0 Å². The predicted molar refractivity (Wildman–Crippen MR) is 100 cm³/mol. The summed E-state index contributed by atoms with van der Waals surface area (Å²) in [6.45, 7) is 0.903. The molecule has 4 fully saturated rings. The van der Waals surface area contributed by atoms with Crippen LogP contribution in [0.15, 0.2) is 6.33 Å². The zero-order valence-electron chi connectivity index (χ0n) is 15.0. The Balaban J connectivity index is 1.31. The molecule has 2 heterocycles. The molecule has 2 aromatic rings. The van der Waals surface area contributed by atoms with Gasteiger partial charge in [0.15, 0.2) is 17.0 Å². The lowest BCUT2D eigenvalue weighted by Crippen LogP contribution is -2.31. The monoisotopic (exact) mass is 389 g/mol. The fourth-order valence-electron chi connectivity index (χ4n) is 5.31. The van der Waals surface area contributed by atoms with Gasteiger partial charge in [-0.1, -0.05) is 0 Å². The highest BCUT2D eigenvalue weighted by atomic mass is 35.5. The minimum Gasteiger partial charge on any atom is -0.390 e. The van der Waals surface area contributed by atoms with Crippen molar-refractivity contribution in [3.05, 3.63) is 11.6 Å². The van der Waals surface area contributed by atoms with E-state index < -0.39 is 12.2 Å². The van der Waals surface area contributed by atoms with Crippen molar-refractivity contribution in [1.29, 1.82) is 0 Å². The summed E-state index contributed by atoms with van der Waals surface area (Å²) in [6.07, 6.45) is 6.60. The standard InChI is InChI=1S/C19H24ClN5O2/c20-19-23-17(21-6-12(8-1-2-8)9-3-4-9)13-18(24-19)25(7-22-13)14-10-5-11(10)15(26)16(14)27/h7-12,14-16,26-27H,1-6H2,(H,21,23,24)/t10-,11+,14+,15+,16-/m0/s1. The third kappa shape index (κ3) is 2.66. The Morgan fingerprint density at radius 3 is 2.48 bits per heavy atom. The molecule has 0 amide bonds. The maximum absolute atomic E-state index is 10.4. The summed E-state index contributed by atoms with van der Waals surface area (Å²) < 4.78 is 1.89. The lowest BCUT2D eigenvalue weighted by molar-refractivity contribution is 0.00386. The molecule has 4 saturated carbocycles. The fourth-order valence-corrected chi connectivity index (χ4v) is 5.48. The number of aliphatic hydroxyl groups excluding tert-OH is 2. The molecule has 3 N–H and O–H groups in total. The fraction of sp³-hybridized carbons (Fsp3) is 0.737. The summed E-state index contributed by atoms with van der Waals surface area (Å²) in [5.41, 5.74) is 1.33. The van der Waals surface area contributed by atoms with Gasteiger partial charge in [0.2, 0.25) is 5.28 Å². The van der Waals surface area contributed by atoms with Crippen LogP contribution in [0.25, 0.3) is 11.2 Å². The van der Waals surface area contributed by atoms with Crippen LogP contribution in [-0.2, 0) is 0 Å². The van der Waals surface area contributed by atoms with Crippen molar-refractivity contribution in [1.82, 2.24) is 19.5 Å². The van der Waals surface area contributed by atoms with E-state index in [4.69, 9.17) is 11.6 Å².